The lowest BCUT2D eigenvalue weighted by Crippen LogP contribution is -2.21. The summed E-state index contributed by atoms with van der Waals surface area (Å²) < 4.78 is 6.26. The number of carbonyl (C=O) groups excluding carboxylic acids is 1. The molecule has 0 aliphatic heterocycles. The average Bonchev–Trinajstić information content (AvgIpc) is 3.30. The molecule has 2 heterocycles. The Kier molecular flexibility index (Phi) is 9.40. The summed E-state index contributed by atoms with van der Waals surface area (Å²) in [5.74, 6) is 1.60. The molecule has 37 heavy (non-hydrogen) atoms. The van der Waals surface area contributed by atoms with E-state index in [4.69, 9.17) is 26.1 Å². The first kappa shape index (κ1) is 27.4. The first-order chi connectivity index (χ1) is 17.8. The lowest BCUT2D eigenvalue weighted by atomic mass is 10.1. The van der Waals surface area contributed by atoms with Crippen LogP contribution in [0.3, 0.4) is 0 Å². The highest BCUT2D eigenvalue weighted by Gasteiger charge is 2.17. The van der Waals surface area contributed by atoms with E-state index < -0.39 is 5.97 Å². The molecule has 2 aromatic carbocycles. The number of halogens is 1. The minimum Gasteiger partial charge on any atom is -0.481 e. The first-order valence-corrected chi connectivity index (χ1v) is 14.5. The Morgan fingerprint density at radius 1 is 0.973 bits per heavy atom. The maximum atomic E-state index is 12.1. The van der Waals surface area contributed by atoms with E-state index in [9.17, 15) is 9.59 Å². The van der Waals surface area contributed by atoms with Gasteiger partial charge in [0.1, 0.15) is 11.3 Å². The van der Waals surface area contributed by atoms with E-state index in [0.717, 1.165) is 45.3 Å². The van der Waals surface area contributed by atoms with Crippen LogP contribution in [0.5, 0.6) is 0 Å². The van der Waals surface area contributed by atoms with Crippen LogP contribution in [0.4, 0.5) is 0 Å². The lowest BCUT2D eigenvalue weighted by molar-refractivity contribution is -0.137. The molecule has 0 aliphatic carbocycles. The fourth-order valence-corrected chi connectivity index (χ4v) is 6.75. The molecule has 0 radical (unpaired) electrons. The van der Waals surface area contributed by atoms with Gasteiger partial charge in [0.25, 0.3) is 0 Å². The highest BCUT2D eigenvalue weighted by molar-refractivity contribution is 8.16. The third-order valence-corrected chi connectivity index (χ3v) is 9.02. The van der Waals surface area contributed by atoms with Gasteiger partial charge in [-0.3, -0.25) is 9.59 Å². The van der Waals surface area contributed by atoms with Gasteiger partial charge in [0, 0.05) is 48.5 Å². The third kappa shape index (κ3) is 7.43. The highest BCUT2D eigenvalue weighted by Crippen LogP contribution is 2.42. The van der Waals surface area contributed by atoms with E-state index in [1.54, 1.807) is 42.5 Å². The minimum atomic E-state index is -0.761. The molecule has 1 amide bonds. The van der Waals surface area contributed by atoms with Crippen molar-refractivity contribution in [2.24, 2.45) is 0 Å². The molecule has 0 fully saturated rings. The largest absolute Gasteiger partial charge is 0.481 e. The van der Waals surface area contributed by atoms with Crippen LogP contribution in [0.25, 0.3) is 33.3 Å². The number of hydrogen-bond donors (Lipinski definition) is 1. The predicted octanol–water partition coefficient (Wildman–Crippen LogP) is 7.50. The molecule has 0 saturated carbocycles. The van der Waals surface area contributed by atoms with E-state index in [-0.39, 0.29) is 16.9 Å². The van der Waals surface area contributed by atoms with Crippen LogP contribution >= 0.6 is 35.1 Å². The van der Waals surface area contributed by atoms with Gasteiger partial charge in [0.05, 0.1) is 10.1 Å². The summed E-state index contributed by atoms with van der Waals surface area (Å²) in [6.45, 7) is 0. The van der Waals surface area contributed by atoms with Gasteiger partial charge in [-0.25, -0.2) is 4.98 Å². The normalized spacial score (nSPS) is 12.2. The molecule has 0 saturated heterocycles. The number of pyridine rings is 1. The number of carbonyl (C=O) groups is 2. The molecule has 4 rings (SSSR count). The Hall–Kier alpha value is -2.68. The summed E-state index contributed by atoms with van der Waals surface area (Å²) in [5, 5.41) is 11.5. The molecule has 4 aromatic rings. The Morgan fingerprint density at radius 3 is 2.54 bits per heavy atom. The minimum absolute atomic E-state index is 0.108. The highest BCUT2D eigenvalue weighted by atomic mass is 35.5. The van der Waals surface area contributed by atoms with E-state index in [1.807, 2.05) is 42.5 Å². The van der Waals surface area contributed by atoms with Crippen molar-refractivity contribution in [2.45, 2.75) is 30.3 Å². The Morgan fingerprint density at radius 2 is 1.76 bits per heavy atom. The predicted molar refractivity (Wildman–Crippen MR) is 154 cm³/mol. The van der Waals surface area contributed by atoms with Crippen LogP contribution in [0.2, 0.25) is 5.02 Å². The van der Waals surface area contributed by atoms with Crippen molar-refractivity contribution in [3.05, 3.63) is 65.2 Å². The molecule has 0 bridgehead atoms. The molecule has 1 N–H and O–H groups in total. The molecule has 1 unspecified atom stereocenters. The number of carboxylic acid groups (broad SMARTS) is 1. The first-order valence-electron chi connectivity index (χ1n) is 12.1. The standard InChI is InChI=1S/C28H29ClN2O4S2/c1-31(2)26(32)12-14-37-28(36-13-4-3-5-27(33)34)19-8-11-24-20(15-19)16-25(35-24)22-10-7-18-6-9-21(29)17-23(18)30-22/h6-11,15-17,28H,3-5,12-14H2,1-2H3,(H,33,34). The van der Waals surface area contributed by atoms with Crippen molar-refractivity contribution < 1.29 is 19.1 Å². The number of hydrogen-bond acceptors (Lipinski definition) is 6. The molecule has 0 spiro atoms. The quantitative estimate of drug-likeness (QED) is 0.143. The number of thioether (sulfide) groups is 2. The zero-order valence-corrected chi connectivity index (χ0v) is 23.2. The fourth-order valence-electron chi connectivity index (χ4n) is 3.85. The smallest absolute Gasteiger partial charge is 0.303 e. The summed E-state index contributed by atoms with van der Waals surface area (Å²) in [6.07, 6.45) is 2.16. The van der Waals surface area contributed by atoms with Crippen LogP contribution < -0.4 is 0 Å². The Labute approximate surface area is 229 Å². The number of carboxylic acids is 1. The zero-order valence-electron chi connectivity index (χ0n) is 20.8. The number of aliphatic carboxylic acids is 1. The maximum Gasteiger partial charge on any atom is 0.303 e. The number of benzene rings is 2. The third-order valence-electron chi connectivity index (χ3n) is 5.86. The second kappa shape index (κ2) is 12.7. The van der Waals surface area contributed by atoms with Gasteiger partial charge in [-0.2, -0.15) is 0 Å². The van der Waals surface area contributed by atoms with Gasteiger partial charge in [0.2, 0.25) is 5.91 Å². The van der Waals surface area contributed by atoms with Gasteiger partial charge >= 0.3 is 5.97 Å². The van der Waals surface area contributed by atoms with Crippen LogP contribution in [-0.4, -0.2) is 52.5 Å². The SMILES string of the molecule is CN(C)C(=O)CCSC(SCCCCC(=O)O)c1ccc2oc(-c3ccc4ccc(Cl)cc4n3)cc2c1. The molecule has 0 aliphatic rings. The fraction of sp³-hybridized carbons (Fsp3) is 0.321. The van der Waals surface area contributed by atoms with E-state index in [0.29, 0.717) is 29.4 Å². The van der Waals surface area contributed by atoms with E-state index >= 15 is 0 Å². The summed E-state index contributed by atoms with van der Waals surface area (Å²) in [7, 11) is 3.54. The molecule has 194 valence electrons. The van der Waals surface area contributed by atoms with Crippen molar-refractivity contribution in [2.75, 3.05) is 25.6 Å². The van der Waals surface area contributed by atoms with Crippen molar-refractivity contribution in [1.82, 2.24) is 9.88 Å². The molecule has 2 aromatic heterocycles. The molecule has 9 heteroatoms. The molecular formula is C28H29ClN2O4S2. The number of nitrogens with zero attached hydrogens (tertiary/aromatic N) is 2. The van der Waals surface area contributed by atoms with E-state index in [1.165, 1.54) is 0 Å². The zero-order chi connectivity index (χ0) is 26.4. The Bertz CT molecular complexity index is 1410. The van der Waals surface area contributed by atoms with Gasteiger partial charge in [-0.15, -0.1) is 23.5 Å². The van der Waals surface area contributed by atoms with Crippen LogP contribution in [0.15, 0.2) is 59.0 Å². The number of unbranched alkanes of at least 4 members (excludes halogenated alkanes) is 1. The number of aromatic nitrogens is 1. The van der Waals surface area contributed by atoms with Crippen molar-refractivity contribution in [1.29, 1.82) is 0 Å². The van der Waals surface area contributed by atoms with Crippen molar-refractivity contribution >= 4 is 68.9 Å². The molecular weight excluding hydrogens is 528 g/mol. The van der Waals surface area contributed by atoms with Gasteiger partial charge in [-0.05, 0) is 60.6 Å². The summed E-state index contributed by atoms with van der Waals surface area (Å²) in [6, 6.07) is 17.8. The average molecular weight is 557 g/mol. The second-order valence-electron chi connectivity index (χ2n) is 8.90. The summed E-state index contributed by atoms with van der Waals surface area (Å²) in [4.78, 5) is 29.2. The lowest BCUT2D eigenvalue weighted by Gasteiger charge is -2.17. The number of rotatable bonds is 12. The number of fused-ring (bicyclic) bond motifs is 2. The van der Waals surface area contributed by atoms with Crippen molar-refractivity contribution in [3.63, 3.8) is 0 Å². The van der Waals surface area contributed by atoms with Gasteiger partial charge < -0.3 is 14.4 Å². The van der Waals surface area contributed by atoms with E-state index in [2.05, 4.69) is 12.1 Å². The maximum absolute atomic E-state index is 12.1. The Balaban J connectivity index is 1.53. The molecule has 1 atom stereocenters. The number of amides is 1. The topological polar surface area (TPSA) is 83.6 Å². The van der Waals surface area contributed by atoms with Gasteiger partial charge in [-0.1, -0.05) is 29.8 Å². The van der Waals surface area contributed by atoms with Crippen LogP contribution in [-0.2, 0) is 9.59 Å². The number of furan rings is 1. The van der Waals surface area contributed by atoms with Crippen LogP contribution in [0, 0.1) is 0 Å². The second-order valence-corrected chi connectivity index (χ2v) is 12.1. The van der Waals surface area contributed by atoms with Crippen molar-refractivity contribution in [3.8, 4) is 11.5 Å². The molecule has 6 nitrogen and oxygen atoms in total. The summed E-state index contributed by atoms with van der Waals surface area (Å²) in [5.41, 5.74) is 3.48. The van der Waals surface area contributed by atoms with Gasteiger partial charge in [0.15, 0.2) is 5.76 Å². The van der Waals surface area contributed by atoms with Crippen LogP contribution in [0.1, 0.15) is 35.8 Å². The monoisotopic (exact) mass is 556 g/mol. The summed E-state index contributed by atoms with van der Waals surface area (Å²) >= 11 is 9.68.